The number of ether oxygens (including phenoxy) is 3. The van der Waals surface area contributed by atoms with Crippen LogP contribution in [0, 0.1) is 0 Å². The van der Waals surface area contributed by atoms with E-state index in [0.29, 0.717) is 29.4 Å². The Balaban J connectivity index is 1.49. The largest absolute Gasteiger partial charge is 0.492 e. The third kappa shape index (κ3) is 4.32. The normalized spacial score (nSPS) is 12.9. The van der Waals surface area contributed by atoms with Crippen molar-refractivity contribution >= 4 is 15.9 Å². The fourth-order valence-electron chi connectivity index (χ4n) is 2.39. The Bertz CT molecular complexity index is 925. The number of carbonyl (C=O) groups excluding carboxylic acids is 1. The number of hydrogen-bond acceptors (Lipinski definition) is 6. The minimum Gasteiger partial charge on any atom is -0.492 e. The number of nitrogens with zero attached hydrogens (tertiary/aromatic N) is 1. The first-order valence-corrected chi connectivity index (χ1v) is 9.65. The van der Waals surface area contributed by atoms with Gasteiger partial charge in [-0.1, -0.05) is 0 Å². The zero-order valence-electron chi connectivity index (χ0n) is 15.0. The predicted molar refractivity (Wildman–Crippen MR) is 97.7 cm³/mol. The van der Waals surface area contributed by atoms with E-state index < -0.39 is 10.0 Å². The summed E-state index contributed by atoms with van der Waals surface area (Å²) in [5.74, 6) is 1.62. The van der Waals surface area contributed by atoms with Gasteiger partial charge in [-0.05, 0) is 36.4 Å². The highest BCUT2D eigenvalue weighted by Gasteiger charge is 2.17. The Kier molecular flexibility index (Phi) is 5.52. The highest BCUT2D eigenvalue weighted by molar-refractivity contribution is 7.89. The molecule has 0 atom stereocenters. The average Bonchev–Trinajstić information content (AvgIpc) is 3.13. The summed E-state index contributed by atoms with van der Waals surface area (Å²) >= 11 is 0. The van der Waals surface area contributed by atoms with E-state index in [1.165, 1.54) is 38.4 Å². The summed E-state index contributed by atoms with van der Waals surface area (Å²) in [6.45, 7) is 0.771. The molecule has 9 heteroatoms. The van der Waals surface area contributed by atoms with E-state index in [1.807, 2.05) is 0 Å². The SMILES string of the molecule is CN(C)S(=O)(=O)c1ccc(C(=O)NCCOc2ccc3c(c2)OCO3)cc1. The molecule has 8 nitrogen and oxygen atoms in total. The standard InChI is InChI=1S/C18H20N2O6S/c1-20(2)27(22,23)15-6-3-13(4-7-15)18(21)19-9-10-24-14-5-8-16-17(11-14)26-12-25-16/h3-8,11H,9-10,12H2,1-2H3,(H,19,21). The lowest BCUT2D eigenvalue weighted by Gasteiger charge is -2.12. The van der Waals surface area contributed by atoms with Crippen LogP contribution in [0.15, 0.2) is 47.4 Å². The van der Waals surface area contributed by atoms with E-state index in [0.717, 1.165) is 4.31 Å². The first kappa shape index (κ1) is 19.0. The zero-order chi connectivity index (χ0) is 19.4. The molecule has 0 unspecified atom stereocenters. The molecule has 0 aliphatic carbocycles. The lowest BCUT2D eigenvalue weighted by molar-refractivity contribution is 0.0947. The van der Waals surface area contributed by atoms with Crippen molar-refractivity contribution in [2.45, 2.75) is 4.90 Å². The Morgan fingerprint density at radius 1 is 1.11 bits per heavy atom. The van der Waals surface area contributed by atoms with Crippen LogP contribution in [0.5, 0.6) is 17.2 Å². The third-order valence-corrected chi connectivity index (χ3v) is 5.72. The first-order chi connectivity index (χ1) is 12.9. The second kappa shape index (κ2) is 7.85. The lowest BCUT2D eigenvalue weighted by Crippen LogP contribution is -2.28. The van der Waals surface area contributed by atoms with E-state index in [2.05, 4.69) is 5.32 Å². The maximum atomic E-state index is 12.1. The van der Waals surface area contributed by atoms with Crippen LogP contribution in [0.3, 0.4) is 0 Å². The van der Waals surface area contributed by atoms with Crippen LogP contribution in [0.2, 0.25) is 0 Å². The quantitative estimate of drug-likeness (QED) is 0.718. The highest BCUT2D eigenvalue weighted by atomic mass is 32.2. The number of amides is 1. The molecule has 1 N–H and O–H groups in total. The number of nitrogens with one attached hydrogen (secondary N) is 1. The summed E-state index contributed by atoms with van der Waals surface area (Å²) in [7, 11) is -0.604. The molecule has 1 amide bonds. The van der Waals surface area contributed by atoms with Gasteiger partial charge in [-0.3, -0.25) is 4.79 Å². The zero-order valence-corrected chi connectivity index (χ0v) is 15.8. The van der Waals surface area contributed by atoms with Crippen LogP contribution in [-0.4, -0.2) is 52.7 Å². The smallest absolute Gasteiger partial charge is 0.251 e. The van der Waals surface area contributed by atoms with Gasteiger partial charge in [0.15, 0.2) is 11.5 Å². The number of carbonyl (C=O) groups is 1. The van der Waals surface area contributed by atoms with Crippen LogP contribution in [0.25, 0.3) is 0 Å². The Labute approximate surface area is 157 Å². The second-order valence-corrected chi connectivity index (χ2v) is 8.08. The van der Waals surface area contributed by atoms with Crippen LogP contribution in [-0.2, 0) is 10.0 Å². The average molecular weight is 392 g/mol. The van der Waals surface area contributed by atoms with E-state index in [4.69, 9.17) is 14.2 Å². The number of hydrogen-bond donors (Lipinski definition) is 1. The highest BCUT2D eigenvalue weighted by Crippen LogP contribution is 2.34. The van der Waals surface area contributed by atoms with Gasteiger partial charge < -0.3 is 19.5 Å². The molecule has 27 heavy (non-hydrogen) atoms. The molecule has 0 spiro atoms. The summed E-state index contributed by atoms with van der Waals surface area (Å²) in [4.78, 5) is 12.3. The van der Waals surface area contributed by atoms with E-state index in [9.17, 15) is 13.2 Å². The van der Waals surface area contributed by atoms with Gasteiger partial charge in [-0.25, -0.2) is 12.7 Å². The lowest BCUT2D eigenvalue weighted by atomic mass is 10.2. The molecule has 0 bridgehead atoms. The fraction of sp³-hybridized carbons (Fsp3) is 0.278. The van der Waals surface area contributed by atoms with Crippen molar-refractivity contribution in [2.24, 2.45) is 0 Å². The van der Waals surface area contributed by atoms with Gasteiger partial charge in [0.05, 0.1) is 11.4 Å². The van der Waals surface area contributed by atoms with Crippen LogP contribution >= 0.6 is 0 Å². The fourth-order valence-corrected chi connectivity index (χ4v) is 3.29. The summed E-state index contributed by atoms with van der Waals surface area (Å²) in [6, 6.07) is 11.0. The molecule has 1 heterocycles. The molecule has 144 valence electrons. The number of sulfonamides is 1. The van der Waals surface area contributed by atoms with Crippen molar-refractivity contribution in [3.05, 3.63) is 48.0 Å². The first-order valence-electron chi connectivity index (χ1n) is 8.21. The molecular formula is C18H20N2O6S. The van der Waals surface area contributed by atoms with Crippen molar-refractivity contribution in [1.29, 1.82) is 0 Å². The molecule has 3 rings (SSSR count). The predicted octanol–water partition coefficient (Wildman–Crippen LogP) is 1.47. The van der Waals surface area contributed by atoms with E-state index in [1.54, 1.807) is 18.2 Å². The minimum atomic E-state index is -3.51. The maximum absolute atomic E-state index is 12.1. The van der Waals surface area contributed by atoms with Gasteiger partial charge >= 0.3 is 0 Å². The third-order valence-electron chi connectivity index (χ3n) is 3.90. The molecule has 0 radical (unpaired) electrons. The molecule has 2 aromatic rings. The van der Waals surface area contributed by atoms with Gasteiger partial charge in [-0.15, -0.1) is 0 Å². The molecule has 1 aliphatic heterocycles. The van der Waals surface area contributed by atoms with Crippen LogP contribution in [0.4, 0.5) is 0 Å². The summed E-state index contributed by atoms with van der Waals surface area (Å²) < 4.78 is 41.2. The Morgan fingerprint density at radius 2 is 1.81 bits per heavy atom. The van der Waals surface area contributed by atoms with Crippen molar-refractivity contribution in [2.75, 3.05) is 34.0 Å². The van der Waals surface area contributed by atoms with Crippen molar-refractivity contribution in [3.63, 3.8) is 0 Å². The van der Waals surface area contributed by atoms with Crippen molar-refractivity contribution in [1.82, 2.24) is 9.62 Å². The van der Waals surface area contributed by atoms with Gasteiger partial charge in [0.2, 0.25) is 16.8 Å². The number of fused-ring (bicyclic) bond motifs is 1. The van der Waals surface area contributed by atoms with Gasteiger partial charge in [0, 0.05) is 25.7 Å². The number of rotatable bonds is 7. The topological polar surface area (TPSA) is 94.2 Å². The van der Waals surface area contributed by atoms with Gasteiger partial charge in [-0.2, -0.15) is 0 Å². The van der Waals surface area contributed by atoms with E-state index in [-0.39, 0.29) is 24.2 Å². The molecule has 2 aromatic carbocycles. The maximum Gasteiger partial charge on any atom is 0.251 e. The number of benzene rings is 2. The monoisotopic (exact) mass is 392 g/mol. The van der Waals surface area contributed by atoms with Gasteiger partial charge in [0.1, 0.15) is 12.4 Å². The molecule has 1 aliphatic rings. The van der Waals surface area contributed by atoms with Crippen LogP contribution < -0.4 is 19.5 Å². The Hall–Kier alpha value is -2.78. The molecule has 0 saturated carbocycles. The Morgan fingerprint density at radius 3 is 2.52 bits per heavy atom. The molecule has 0 saturated heterocycles. The summed E-state index contributed by atoms with van der Waals surface area (Å²) in [5, 5.41) is 2.72. The van der Waals surface area contributed by atoms with Crippen molar-refractivity contribution < 1.29 is 27.4 Å². The summed E-state index contributed by atoms with van der Waals surface area (Å²) in [6.07, 6.45) is 0. The van der Waals surface area contributed by atoms with Gasteiger partial charge in [0.25, 0.3) is 5.91 Å². The molecule has 0 aromatic heterocycles. The molecule has 0 fully saturated rings. The summed E-state index contributed by atoms with van der Waals surface area (Å²) in [5.41, 5.74) is 0.371. The minimum absolute atomic E-state index is 0.134. The second-order valence-electron chi connectivity index (χ2n) is 5.93. The molecular weight excluding hydrogens is 372 g/mol. The van der Waals surface area contributed by atoms with Crippen molar-refractivity contribution in [3.8, 4) is 17.2 Å². The van der Waals surface area contributed by atoms with E-state index >= 15 is 0 Å². The van der Waals surface area contributed by atoms with Crippen LogP contribution in [0.1, 0.15) is 10.4 Å².